The van der Waals surface area contributed by atoms with Crippen molar-refractivity contribution < 1.29 is 23.8 Å². The van der Waals surface area contributed by atoms with Crippen molar-refractivity contribution in [1.29, 1.82) is 0 Å². The third-order valence-electron chi connectivity index (χ3n) is 11.5. The Bertz CT molecular complexity index is 1560. The van der Waals surface area contributed by atoms with E-state index >= 15 is 4.39 Å². The molecule has 2 bridgehead atoms. The number of aryl methyl sites for hydroxylation is 1. The fourth-order valence-electron chi connectivity index (χ4n) is 8.55. The number of ether oxygens (including phenoxy) is 1. The number of carboxylic acids is 1. The lowest BCUT2D eigenvalue weighted by atomic mass is 9.51. The summed E-state index contributed by atoms with van der Waals surface area (Å²) in [6.45, 7) is 6.68. The van der Waals surface area contributed by atoms with Crippen molar-refractivity contribution in [3.8, 4) is 16.9 Å². The number of carboxylic acid groups (broad SMARTS) is 1. The first kappa shape index (κ1) is 32.3. The molecule has 4 aliphatic carbocycles. The van der Waals surface area contributed by atoms with Gasteiger partial charge in [-0.15, -0.1) is 0 Å². The molecule has 1 amide bonds. The molecule has 1 N–H and O–H groups in total. The van der Waals surface area contributed by atoms with Gasteiger partial charge in [-0.05, 0) is 125 Å². The molecule has 8 heteroatoms. The zero-order valence-corrected chi connectivity index (χ0v) is 27.7. The van der Waals surface area contributed by atoms with E-state index in [-0.39, 0.29) is 46.9 Å². The third kappa shape index (κ3) is 6.19. The number of amides is 1. The molecule has 7 nitrogen and oxygen atoms in total. The molecule has 2 aromatic carbocycles. The molecule has 0 saturated heterocycles. The Kier molecular flexibility index (Phi) is 9.01. The number of halogens is 1. The molecule has 4 saturated carbocycles. The Hall–Kier alpha value is -3.68. The Morgan fingerprint density at radius 1 is 1.07 bits per heavy atom. The largest absolute Gasteiger partial charge is 0.496 e. The number of hydrogen-bond acceptors (Lipinski definition) is 4. The smallest absolute Gasteiger partial charge is 0.303 e. The van der Waals surface area contributed by atoms with Gasteiger partial charge in [-0.2, -0.15) is 5.10 Å². The van der Waals surface area contributed by atoms with E-state index in [9.17, 15) is 14.7 Å². The van der Waals surface area contributed by atoms with Gasteiger partial charge in [0.25, 0.3) is 0 Å². The molecule has 0 unspecified atom stereocenters. The zero-order chi connectivity index (χ0) is 32.6. The summed E-state index contributed by atoms with van der Waals surface area (Å²) in [6.07, 6.45) is 12.6. The first-order chi connectivity index (χ1) is 22.0. The van der Waals surface area contributed by atoms with Crippen molar-refractivity contribution in [3.63, 3.8) is 0 Å². The van der Waals surface area contributed by atoms with Crippen LogP contribution in [0.5, 0.6) is 5.75 Å². The highest BCUT2D eigenvalue weighted by atomic mass is 19.1. The minimum atomic E-state index is -0.786. The molecule has 1 aromatic heterocycles. The number of benzene rings is 2. The molecule has 0 aliphatic heterocycles. The number of aromatic nitrogens is 2. The van der Waals surface area contributed by atoms with Gasteiger partial charge in [0.05, 0.1) is 19.0 Å². The summed E-state index contributed by atoms with van der Waals surface area (Å²) in [5, 5.41) is 13.7. The normalized spacial score (nSPS) is 25.9. The van der Waals surface area contributed by atoms with Crippen LogP contribution in [-0.4, -0.2) is 40.4 Å². The van der Waals surface area contributed by atoms with E-state index in [0.717, 1.165) is 49.8 Å². The number of anilines is 1. The number of aliphatic carboxylic acids is 1. The number of carbonyl (C=O) groups is 2. The number of methoxy groups -OCH3 is 1. The van der Waals surface area contributed by atoms with Crippen LogP contribution >= 0.6 is 0 Å². The Balaban J connectivity index is 1.28. The van der Waals surface area contributed by atoms with E-state index in [1.807, 2.05) is 30.8 Å². The highest BCUT2D eigenvalue weighted by molar-refractivity contribution is 5.96. The minimum absolute atomic E-state index is 0.0229. The first-order valence-corrected chi connectivity index (χ1v) is 17.0. The van der Waals surface area contributed by atoms with Crippen LogP contribution in [0.2, 0.25) is 0 Å². The average Bonchev–Trinajstić information content (AvgIpc) is 3.55. The Morgan fingerprint density at radius 3 is 2.35 bits per heavy atom. The third-order valence-corrected chi connectivity index (χ3v) is 11.5. The van der Waals surface area contributed by atoms with Gasteiger partial charge >= 0.3 is 5.97 Å². The van der Waals surface area contributed by atoms with E-state index in [2.05, 4.69) is 30.2 Å². The minimum Gasteiger partial charge on any atom is -0.496 e. The molecule has 0 atom stereocenters. The maximum atomic E-state index is 16.6. The van der Waals surface area contributed by atoms with E-state index in [1.54, 1.807) is 30.3 Å². The van der Waals surface area contributed by atoms with Gasteiger partial charge in [-0.1, -0.05) is 24.3 Å². The molecule has 0 spiro atoms. The predicted molar refractivity (Wildman–Crippen MR) is 178 cm³/mol. The lowest BCUT2D eigenvalue weighted by molar-refractivity contribution is -0.138. The Labute approximate surface area is 272 Å². The summed E-state index contributed by atoms with van der Waals surface area (Å²) < 4.78 is 24.0. The fraction of sp³-hybridized carbons (Fsp3) is 0.553. The van der Waals surface area contributed by atoms with Crippen LogP contribution in [0.15, 0.2) is 48.8 Å². The van der Waals surface area contributed by atoms with Gasteiger partial charge in [0.1, 0.15) is 5.75 Å². The SMILES string of the molecule is COc1ccc(C23CCC(CN(C(=O)C4CCC(CC(=O)O)CC4)c4cccc(-c5cnn(C(C)C)c5)c4F)(CC2)CC3)cc1C. The van der Waals surface area contributed by atoms with Crippen LogP contribution in [0.3, 0.4) is 0 Å². The van der Waals surface area contributed by atoms with Gasteiger partial charge in [0, 0.05) is 42.2 Å². The molecule has 1 heterocycles. The lowest BCUT2D eigenvalue weighted by Crippen LogP contribution is -2.52. The Morgan fingerprint density at radius 2 is 1.76 bits per heavy atom. The van der Waals surface area contributed by atoms with Crippen molar-refractivity contribution in [2.75, 3.05) is 18.6 Å². The van der Waals surface area contributed by atoms with E-state index in [0.29, 0.717) is 49.0 Å². The summed E-state index contributed by atoms with van der Waals surface area (Å²) in [6, 6.07) is 12.1. The molecule has 46 heavy (non-hydrogen) atoms. The van der Waals surface area contributed by atoms with Crippen molar-refractivity contribution in [3.05, 3.63) is 65.7 Å². The van der Waals surface area contributed by atoms with E-state index in [4.69, 9.17) is 4.74 Å². The van der Waals surface area contributed by atoms with Gasteiger partial charge in [0.15, 0.2) is 5.82 Å². The predicted octanol–water partition coefficient (Wildman–Crippen LogP) is 8.49. The van der Waals surface area contributed by atoms with Crippen LogP contribution in [0, 0.1) is 30.0 Å². The summed E-state index contributed by atoms with van der Waals surface area (Å²) >= 11 is 0. The van der Waals surface area contributed by atoms with Crippen LogP contribution in [0.4, 0.5) is 10.1 Å². The summed E-state index contributed by atoms with van der Waals surface area (Å²) in [4.78, 5) is 27.6. The number of fused-ring (bicyclic) bond motifs is 3. The fourth-order valence-corrected chi connectivity index (χ4v) is 8.55. The number of rotatable bonds is 10. The standard InChI is InChI=1S/C38H48FN3O4/c1-25(2)42-23-29(22-40-42)31-6-5-7-32(35(31)39)41(36(45)28-10-8-27(9-11-28)21-34(43)44)24-37-14-17-38(18-15-37,19-16-37)30-12-13-33(46-4)26(3)20-30/h5-7,12-13,20,22-23,25,27-28H,8-11,14-19,21,24H2,1-4H3,(H,43,44). The van der Waals surface area contributed by atoms with Crippen LogP contribution in [-0.2, 0) is 15.0 Å². The van der Waals surface area contributed by atoms with E-state index in [1.165, 1.54) is 5.56 Å². The van der Waals surface area contributed by atoms with Crippen molar-refractivity contribution in [2.45, 2.75) is 103 Å². The van der Waals surface area contributed by atoms with Crippen molar-refractivity contribution >= 4 is 17.6 Å². The van der Waals surface area contributed by atoms with Crippen LogP contribution in [0.1, 0.15) is 102 Å². The molecule has 0 radical (unpaired) electrons. The van der Waals surface area contributed by atoms with Gasteiger partial charge < -0.3 is 14.7 Å². The second-order valence-electron chi connectivity index (χ2n) is 14.6. The first-order valence-electron chi connectivity index (χ1n) is 17.0. The molecule has 3 aromatic rings. The molecular formula is C38H48FN3O4. The van der Waals surface area contributed by atoms with Gasteiger partial charge in [-0.25, -0.2) is 4.39 Å². The maximum absolute atomic E-state index is 16.6. The monoisotopic (exact) mass is 629 g/mol. The summed E-state index contributed by atoms with van der Waals surface area (Å²) in [5.41, 5.74) is 4.10. The second-order valence-corrected chi connectivity index (χ2v) is 14.6. The van der Waals surface area contributed by atoms with Crippen LogP contribution < -0.4 is 9.64 Å². The van der Waals surface area contributed by atoms with Gasteiger partial charge in [-0.3, -0.25) is 14.3 Å². The number of hydrogen-bond donors (Lipinski definition) is 1. The highest BCUT2D eigenvalue weighted by Gasteiger charge is 2.51. The molecule has 4 aliphatic rings. The second kappa shape index (κ2) is 12.8. The van der Waals surface area contributed by atoms with Crippen molar-refractivity contribution in [2.24, 2.45) is 17.3 Å². The molecule has 246 valence electrons. The maximum Gasteiger partial charge on any atom is 0.303 e. The number of carbonyl (C=O) groups excluding carboxylic acids is 1. The zero-order valence-electron chi connectivity index (χ0n) is 27.7. The number of nitrogens with zero attached hydrogens (tertiary/aromatic N) is 3. The molecule has 4 fully saturated rings. The molecular weight excluding hydrogens is 581 g/mol. The van der Waals surface area contributed by atoms with E-state index < -0.39 is 5.97 Å². The summed E-state index contributed by atoms with van der Waals surface area (Å²) in [7, 11) is 1.71. The molecule has 7 rings (SSSR count). The van der Waals surface area contributed by atoms with Crippen molar-refractivity contribution in [1.82, 2.24) is 9.78 Å². The van der Waals surface area contributed by atoms with Crippen LogP contribution in [0.25, 0.3) is 11.1 Å². The lowest BCUT2D eigenvalue weighted by Gasteiger charge is -2.55. The topological polar surface area (TPSA) is 84.7 Å². The summed E-state index contributed by atoms with van der Waals surface area (Å²) in [5.74, 6) is -0.423. The average molecular weight is 630 g/mol. The van der Waals surface area contributed by atoms with Gasteiger partial charge in [0.2, 0.25) is 5.91 Å². The highest BCUT2D eigenvalue weighted by Crippen LogP contribution is 2.58. The quantitative estimate of drug-likeness (QED) is 0.243.